The van der Waals surface area contributed by atoms with E-state index in [9.17, 15) is 13.2 Å². The molecule has 0 saturated heterocycles. The van der Waals surface area contributed by atoms with Crippen LogP contribution in [0, 0.1) is 0 Å². The number of aromatic nitrogens is 2. The molecule has 0 saturated carbocycles. The van der Waals surface area contributed by atoms with Crippen LogP contribution in [0.4, 0.5) is 10.8 Å². The molecule has 1 aromatic carbocycles. The Kier molecular flexibility index (Phi) is 7.75. The van der Waals surface area contributed by atoms with Gasteiger partial charge in [-0.05, 0) is 30.4 Å². The number of halogens is 2. The topological polar surface area (TPSA) is 92.3 Å². The molecule has 0 unspecified atom stereocenters. The third-order valence-electron chi connectivity index (χ3n) is 3.34. The number of hydrogen-bond acceptors (Lipinski definition) is 7. The van der Waals surface area contributed by atoms with E-state index >= 15 is 0 Å². The number of hydrogen-bond donors (Lipinski definition) is 1. The minimum atomic E-state index is -3.79. The lowest BCUT2D eigenvalue weighted by molar-refractivity contribution is -0.117. The molecule has 0 aliphatic heterocycles. The van der Waals surface area contributed by atoms with E-state index in [1.807, 2.05) is 6.92 Å². The first-order valence-corrected chi connectivity index (χ1v) is 12.3. The van der Waals surface area contributed by atoms with E-state index in [0.717, 1.165) is 20.7 Å². The molecule has 0 spiro atoms. The Labute approximate surface area is 176 Å². The standard InChI is InChI=1S/C15H18Cl2N4O3S3/c1-4-12(13(22)18-14-19-20-15(26-14)25-5-2)21(27(3,23)24)11-7-9(16)6-10(17)8-11/h6-8,12H,4-5H2,1-3H3,(H,18,19,22)/t12-/m0/s1. The zero-order valence-corrected chi connectivity index (χ0v) is 18.7. The Balaban J connectivity index is 2.35. The molecular weight excluding hydrogens is 451 g/mol. The van der Waals surface area contributed by atoms with Gasteiger partial charge in [0.05, 0.1) is 11.9 Å². The molecule has 1 atom stereocenters. The molecule has 0 fully saturated rings. The summed E-state index contributed by atoms with van der Waals surface area (Å²) < 4.78 is 26.6. The van der Waals surface area contributed by atoms with Crippen molar-refractivity contribution in [1.82, 2.24) is 10.2 Å². The molecular formula is C15H18Cl2N4O3S3. The first-order valence-electron chi connectivity index (χ1n) is 7.88. The van der Waals surface area contributed by atoms with Gasteiger partial charge in [0.25, 0.3) is 0 Å². The molecule has 2 rings (SSSR count). The molecule has 1 heterocycles. The van der Waals surface area contributed by atoms with Crippen LogP contribution in [0.15, 0.2) is 22.5 Å². The van der Waals surface area contributed by atoms with Gasteiger partial charge in [-0.1, -0.05) is 60.1 Å². The van der Waals surface area contributed by atoms with E-state index in [4.69, 9.17) is 23.2 Å². The number of anilines is 2. The van der Waals surface area contributed by atoms with E-state index in [2.05, 4.69) is 15.5 Å². The van der Waals surface area contributed by atoms with Crippen LogP contribution in [0.3, 0.4) is 0 Å². The Morgan fingerprint density at radius 2 is 1.89 bits per heavy atom. The smallest absolute Gasteiger partial charge is 0.250 e. The Hall–Kier alpha value is -1.07. The zero-order valence-electron chi connectivity index (χ0n) is 14.8. The molecule has 27 heavy (non-hydrogen) atoms. The largest absolute Gasteiger partial charge is 0.299 e. The normalized spacial score (nSPS) is 12.6. The van der Waals surface area contributed by atoms with Gasteiger partial charge in [-0.3, -0.25) is 14.4 Å². The number of rotatable bonds is 8. The van der Waals surface area contributed by atoms with E-state index < -0.39 is 22.0 Å². The summed E-state index contributed by atoms with van der Waals surface area (Å²) in [4.78, 5) is 12.8. The molecule has 7 nitrogen and oxygen atoms in total. The number of amides is 1. The maximum atomic E-state index is 12.8. The fraction of sp³-hybridized carbons (Fsp3) is 0.400. The minimum absolute atomic E-state index is 0.219. The first kappa shape index (κ1) is 22.2. The molecule has 1 N–H and O–H groups in total. The second-order valence-electron chi connectivity index (χ2n) is 5.41. The van der Waals surface area contributed by atoms with Crippen LogP contribution >= 0.6 is 46.3 Å². The molecule has 1 amide bonds. The highest BCUT2D eigenvalue weighted by atomic mass is 35.5. The number of benzene rings is 1. The summed E-state index contributed by atoms with van der Waals surface area (Å²) in [6.07, 6.45) is 1.26. The van der Waals surface area contributed by atoms with Crippen LogP contribution in [0.1, 0.15) is 20.3 Å². The van der Waals surface area contributed by atoms with Gasteiger partial charge in [-0.2, -0.15) is 0 Å². The molecule has 148 valence electrons. The van der Waals surface area contributed by atoms with Crippen molar-refractivity contribution in [2.45, 2.75) is 30.6 Å². The number of nitrogens with one attached hydrogen (secondary N) is 1. The van der Waals surface area contributed by atoms with Gasteiger partial charge in [0.2, 0.25) is 21.1 Å². The van der Waals surface area contributed by atoms with Gasteiger partial charge >= 0.3 is 0 Å². The molecule has 12 heteroatoms. The first-order chi connectivity index (χ1) is 12.7. The van der Waals surface area contributed by atoms with Crippen LogP contribution in [-0.2, 0) is 14.8 Å². The molecule has 1 aromatic heterocycles. The number of nitrogens with zero attached hydrogens (tertiary/aromatic N) is 3. The Morgan fingerprint density at radius 3 is 2.41 bits per heavy atom. The second-order valence-corrected chi connectivity index (χ2v) is 10.6. The van der Waals surface area contributed by atoms with E-state index in [0.29, 0.717) is 5.13 Å². The van der Waals surface area contributed by atoms with Gasteiger partial charge in [-0.25, -0.2) is 8.42 Å². The summed E-state index contributed by atoms with van der Waals surface area (Å²) in [6, 6.07) is 3.39. The SMILES string of the molecule is CCSc1nnc(NC(=O)[C@H](CC)N(c2cc(Cl)cc(Cl)c2)S(C)(=O)=O)s1. The third-order valence-corrected chi connectivity index (χ3v) is 6.81. The van der Waals surface area contributed by atoms with E-state index in [1.54, 1.807) is 6.92 Å². The summed E-state index contributed by atoms with van der Waals surface area (Å²) in [5.41, 5.74) is 0.219. The van der Waals surface area contributed by atoms with Crippen LogP contribution in [0.2, 0.25) is 10.0 Å². The van der Waals surface area contributed by atoms with Crippen LogP contribution in [-0.4, -0.2) is 42.6 Å². The van der Waals surface area contributed by atoms with Crippen molar-refractivity contribution in [3.63, 3.8) is 0 Å². The van der Waals surface area contributed by atoms with Crippen LogP contribution in [0.5, 0.6) is 0 Å². The summed E-state index contributed by atoms with van der Waals surface area (Å²) in [6.45, 7) is 3.70. The summed E-state index contributed by atoms with van der Waals surface area (Å²) in [7, 11) is -3.79. The van der Waals surface area contributed by atoms with Crippen molar-refractivity contribution >= 4 is 73.0 Å². The van der Waals surface area contributed by atoms with Crippen molar-refractivity contribution in [3.8, 4) is 0 Å². The average Bonchev–Trinajstić information content (AvgIpc) is 2.97. The summed E-state index contributed by atoms with van der Waals surface area (Å²) in [5, 5.41) is 11.4. The van der Waals surface area contributed by atoms with Crippen molar-refractivity contribution < 1.29 is 13.2 Å². The highest BCUT2D eigenvalue weighted by Crippen LogP contribution is 2.30. The van der Waals surface area contributed by atoms with Gasteiger partial charge in [-0.15, -0.1) is 10.2 Å². The van der Waals surface area contributed by atoms with E-state index in [1.165, 1.54) is 41.3 Å². The number of thioether (sulfide) groups is 1. The van der Waals surface area contributed by atoms with E-state index in [-0.39, 0.29) is 22.2 Å². The predicted octanol–water partition coefficient (Wildman–Crippen LogP) is 4.14. The lowest BCUT2D eigenvalue weighted by atomic mass is 10.2. The fourth-order valence-corrected chi connectivity index (χ4v) is 5.72. The van der Waals surface area contributed by atoms with Crippen molar-refractivity contribution in [2.24, 2.45) is 0 Å². The lowest BCUT2D eigenvalue weighted by Crippen LogP contribution is -2.47. The predicted molar refractivity (Wildman–Crippen MR) is 113 cm³/mol. The zero-order chi connectivity index (χ0) is 20.2. The monoisotopic (exact) mass is 468 g/mol. The van der Waals surface area contributed by atoms with Gasteiger partial charge in [0.15, 0.2) is 4.34 Å². The number of sulfonamides is 1. The molecule has 2 aromatic rings. The molecule has 0 aliphatic carbocycles. The summed E-state index contributed by atoms with van der Waals surface area (Å²) >= 11 is 14.8. The molecule has 0 bridgehead atoms. The average molecular weight is 469 g/mol. The summed E-state index contributed by atoms with van der Waals surface area (Å²) in [5.74, 6) is 0.320. The highest BCUT2D eigenvalue weighted by molar-refractivity contribution is 8.01. The number of carbonyl (C=O) groups is 1. The van der Waals surface area contributed by atoms with Crippen molar-refractivity contribution in [1.29, 1.82) is 0 Å². The quantitative estimate of drug-likeness (QED) is 0.462. The maximum Gasteiger partial charge on any atom is 0.250 e. The Morgan fingerprint density at radius 1 is 1.26 bits per heavy atom. The maximum absolute atomic E-state index is 12.8. The lowest BCUT2D eigenvalue weighted by Gasteiger charge is -2.30. The van der Waals surface area contributed by atoms with Gasteiger partial charge in [0.1, 0.15) is 6.04 Å². The highest BCUT2D eigenvalue weighted by Gasteiger charge is 2.32. The molecule has 0 radical (unpaired) electrons. The third kappa shape index (κ3) is 5.95. The van der Waals surface area contributed by atoms with Crippen LogP contribution < -0.4 is 9.62 Å². The second kappa shape index (κ2) is 9.42. The minimum Gasteiger partial charge on any atom is -0.299 e. The van der Waals surface area contributed by atoms with Gasteiger partial charge < -0.3 is 0 Å². The molecule has 0 aliphatic rings. The van der Waals surface area contributed by atoms with Crippen molar-refractivity contribution in [3.05, 3.63) is 28.2 Å². The fourth-order valence-electron chi connectivity index (χ4n) is 2.36. The van der Waals surface area contributed by atoms with Gasteiger partial charge in [0, 0.05) is 10.0 Å². The van der Waals surface area contributed by atoms with Crippen LogP contribution in [0.25, 0.3) is 0 Å². The number of carbonyl (C=O) groups excluding carboxylic acids is 1. The Bertz CT molecular complexity index is 901. The van der Waals surface area contributed by atoms with Crippen molar-refractivity contribution in [2.75, 3.05) is 21.6 Å².